The Morgan fingerprint density at radius 2 is 2.19 bits per heavy atom. The number of hydrogen-bond acceptors (Lipinski definition) is 5. The van der Waals surface area contributed by atoms with E-state index < -0.39 is 0 Å². The van der Waals surface area contributed by atoms with E-state index in [-0.39, 0.29) is 36.6 Å². The molecule has 2 atom stereocenters. The molecule has 2 unspecified atom stereocenters. The van der Waals surface area contributed by atoms with Crippen LogP contribution in [0.1, 0.15) is 31.0 Å². The van der Waals surface area contributed by atoms with Crippen molar-refractivity contribution < 1.29 is 4.79 Å². The molecule has 0 aliphatic carbocycles. The summed E-state index contributed by atoms with van der Waals surface area (Å²) in [5.41, 5.74) is 0.874. The Bertz CT molecular complexity index is 722. The number of piperidine rings is 1. The molecule has 2 aromatic heterocycles. The van der Waals surface area contributed by atoms with Crippen molar-refractivity contribution in [1.82, 2.24) is 24.8 Å². The Balaban J connectivity index is 0.00000121. The number of hydrogen-bond donors (Lipinski definition) is 1. The average molecular weight is 418 g/mol. The van der Waals surface area contributed by atoms with E-state index in [1.807, 2.05) is 41.1 Å². The van der Waals surface area contributed by atoms with Crippen molar-refractivity contribution in [3.63, 3.8) is 0 Å². The standard InChI is InChI=1S/C17H23N5OS.2ClH/c23-16(10-14-12-24-9-6-18-14)21-7-3-4-13(11-21)17-20-19-15-5-1-2-8-22(15)17;;/h1-2,5,8,13-14,18H,3-4,6-7,9-12H2;2*1H. The Kier molecular flexibility index (Phi) is 8.01. The first-order chi connectivity index (χ1) is 11.8. The molecule has 4 heterocycles. The minimum Gasteiger partial charge on any atom is -0.342 e. The quantitative estimate of drug-likeness (QED) is 0.830. The summed E-state index contributed by atoms with van der Waals surface area (Å²) >= 11 is 1.94. The maximum absolute atomic E-state index is 12.7. The lowest BCUT2D eigenvalue weighted by Crippen LogP contribution is -2.45. The summed E-state index contributed by atoms with van der Waals surface area (Å²) in [6.45, 7) is 2.64. The van der Waals surface area contributed by atoms with Gasteiger partial charge in [0, 0.05) is 55.7 Å². The molecule has 9 heteroatoms. The summed E-state index contributed by atoms with van der Waals surface area (Å²) in [6, 6.07) is 6.26. The third-order valence-electron chi connectivity index (χ3n) is 4.90. The Hall–Kier alpha value is -1.02. The number of carbonyl (C=O) groups excluding carboxylic acids is 1. The van der Waals surface area contributed by atoms with Crippen LogP contribution in [0.2, 0.25) is 0 Å². The van der Waals surface area contributed by atoms with Gasteiger partial charge in [-0.05, 0) is 25.0 Å². The van der Waals surface area contributed by atoms with Gasteiger partial charge in [-0.2, -0.15) is 11.8 Å². The van der Waals surface area contributed by atoms with Gasteiger partial charge in [-0.1, -0.05) is 6.07 Å². The summed E-state index contributed by atoms with van der Waals surface area (Å²) in [5.74, 6) is 3.71. The van der Waals surface area contributed by atoms with Gasteiger partial charge >= 0.3 is 0 Å². The van der Waals surface area contributed by atoms with Crippen LogP contribution in [-0.2, 0) is 4.79 Å². The van der Waals surface area contributed by atoms with Crippen LogP contribution in [0, 0.1) is 0 Å². The Morgan fingerprint density at radius 1 is 1.31 bits per heavy atom. The van der Waals surface area contributed by atoms with Gasteiger partial charge in [0.2, 0.25) is 5.91 Å². The van der Waals surface area contributed by atoms with Crippen molar-refractivity contribution in [2.45, 2.75) is 31.2 Å². The number of thioether (sulfide) groups is 1. The van der Waals surface area contributed by atoms with Crippen molar-refractivity contribution in [1.29, 1.82) is 0 Å². The topological polar surface area (TPSA) is 62.5 Å². The highest BCUT2D eigenvalue weighted by molar-refractivity contribution is 7.99. The van der Waals surface area contributed by atoms with Crippen LogP contribution in [0.25, 0.3) is 5.65 Å². The van der Waals surface area contributed by atoms with Crippen LogP contribution in [0.3, 0.4) is 0 Å². The Morgan fingerprint density at radius 3 is 3.00 bits per heavy atom. The van der Waals surface area contributed by atoms with Crippen molar-refractivity contribution >= 4 is 48.1 Å². The summed E-state index contributed by atoms with van der Waals surface area (Å²) in [7, 11) is 0. The molecule has 1 N–H and O–H groups in total. The molecule has 6 nitrogen and oxygen atoms in total. The summed E-state index contributed by atoms with van der Waals surface area (Å²) < 4.78 is 2.05. The molecule has 0 bridgehead atoms. The molecule has 0 saturated carbocycles. The molecule has 144 valence electrons. The van der Waals surface area contributed by atoms with Gasteiger partial charge in [0.15, 0.2) is 5.65 Å². The van der Waals surface area contributed by atoms with E-state index in [1.165, 1.54) is 0 Å². The maximum atomic E-state index is 12.7. The minimum atomic E-state index is 0. The zero-order chi connectivity index (χ0) is 16.4. The molecule has 2 saturated heterocycles. The number of fused-ring (bicyclic) bond motifs is 1. The first-order valence-corrected chi connectivity index (χ1v) is 9.85. The van der Waals surface area contributed by atoms with E-state index in [9.17, 15) is 4.79 Å². The molecular weight excluding hydrogens is 393 g/mol. The first kappa shape index (κ1) is 21.3. The fourth-order valence-corrected chi connectivity index (χ4v) is 4.59. The second kappa shape index (κ2) is 9.78. The fourth-order valence-electron chi connectivity index (χ4n) is 3.64. The molecule has 2 aromatic rings. The largest absolute Gasteiger partial charge is 0.342 e. The number of likely N-dealkylation sites (tertiary alicyclic amines) is 1. The molecule has 0 radical (unpaired) electrons. The molecule has 0 aromatic carbocycles. The number of nitrogens with one attached hydrogen (secondary N) is 1. The lowest BCUT2D eigenvalue weighted by Gasteiger charge is -2.33. The summed E-state index contributed by atoms with van der Waals surface area (Å²) in [4.78, 5) is 14.7. The van der Waals surface area contributed by atoms with Crippen LogP contribution >= 0.6 is 36.6 Å². The zero-order valence-corrected chi connectivity index (χ0v) is 17.0. The molecule has 0 spiro atoms. The summed E-state index contributed by atoms with van der Waals surface area (Å²) in [6.07, 6.45) is 4.72. The monoisotopic (exact) mass is 417 g/mol. The SMILES string of the molecule is Cl.Cl.O=C(CC1CSCCN1)N1CCCC(c2nnc3ccccn23)C1. The molecule has 2 fully saturated rings. The van der Waals surface area contributed by atoms with Gasteiger partial charge in [0.25, 0.3) is 0 Å². The van der Waals surface area contributed by atoms with Crippen LogP contribution in [0.4, 0.5) is 0 Å². The van der Waals surface area contributed by atoms with Crippen LogP contribution in [0.5, 0.6) is 0 Å². The lowest BCUT2D eigenvalue weighted by molar-refractivity contribution is -0.132. The number of aromatic nitrogens is 3. The predicted molar refractivity (Wildman–Crippen MR) is 110 cm³/mol. The summed E-state index contributed by atoms with van der Waals surface area (Å²) in [5, 5.41) is 12.1. The number of rotatable bonds is 3. The van der Waals surface area contributed by atoms with E-state index >= 15 is 0 Å². The van der Waals surface area contributed by atoms with Crippen molar-refractivity contribution in [3.8, 4) is 0 Å². The van der Waals surface area contributed by atoms with Gasteiger partial charge in [-0.25, -0.2) is 0 Å². The van der Waals surface area contributed by atoms with Gasteiger partial charge in [-0.3, -0.25) is 9.20 Å². The van der Waals surface area contributed by atoms with E-state index in [0.717, 1.165) is 55.5 Å². The van der Waals surface area contributed by atoms with Crippen molar-refractivity contribution in [3.05, 3.63) is 30.2 Å². The second-order valence-corrected chi connectivity index (χ2v) is 7.75. The van der Waals surface area contributed by atoms with E-state index in [4.69, 9.17) is 0 Å². The molecule has 2 aliphatic heterocycles. The highest BCUT2D eigenvalue weighted by Crippen LogP contribution is 2.26. The van der Waals surface area contributed by atoms with Gasteiger partial charge < -0.3 is 10.2 Å². The zero-order valence-electron chi connectivity index (χ0n) is 14.5. The number of nitrogens with zero attached hydrogens (tertiary/aromatic N) is 4. The van der Waals surface area contributed by atoms with Crippen LogP contribution in [-0.4, -0.2) is 62.6 Å². The Labute approximate surface area is 170 Å². The van der Waals surface area contributed by atoms with Gasteiger partial charge in [0.05, 0.1) is 0 Å². The molecular formula is C17H25Cl2N5OS. The van der Waals surface area contributed by atoms with Crippen molar-refractivity contribution in [2.75, 3.05) is 31.1 Å². The van der Waals surface area contributed by atoms with E-state index in [2.05, 4.69) is 19.9 Å². The number of carbonyl (C=O) groups is 1. The second-order valence-electron chi connectivity index (χ2n) is 6.60. The molecule has 26 heavy (non-hydrogen) atoms. The normalized spacial score (nSPS) is 23.2. The van der Waals surface area contributed by atoms with Gasteiger partial charge in [-0.15, -0.1) is 35.0 Å². The lowest BCUT2D eigenvalue weighted by atomic mass is 9.96. The third-order valence-corrected chi connectivity index (χ3v) is 6.03. The molecule has 1 amide bonds. The molecule has 2 aliphatic rings. The highest BCUT2D eigenvalue weighted by Gasteiger charge is 2.29. The van der Waals surface area contributed by atoms with Crippen LogP contribution in [0.15, 0.2) is 24.4 Å². The van der Waals surface area contributed by atoms with Crippen LogP contribution < -0.4 is 5.32 Å². The predicted octanol–water partition coefficient (Wildman–Crippen LogP) is 2.37. The molecule has 4 rings (SSSR count). The van der Waals surface area contributed by atoms with Crippen molar-refractivity contribution in [2.24, 2.45) is 0 Å². The average Bonchev–Trinajstić information content (AvgIpc) is 3.07. The minimum absolute atomic E-state index is 0. The number of amides is 1. The number of pyridine rings is 1. The van der Waals surface area contributed by atoms with E-state index in [0.29, 0.717) is 12.5 Å². The maximum Gasteiger partial charge on any atom is 0.224 e. The highest BCUT2D eigenvalue weighted by atomic mass is 35.5. The number of halogens is 2. The van der Waals surface area contributed by atoms with E-state index in [1.54, 1.807) is 0 Å². The third kappa shape index (κ3) is 4.63. The first-order valence-electron chi connectivity index (χ1n) is 8.70. The van der Waals surface area contributed by atoms with Gasteiger partial charge in [0.1, 0.15) is 5.82 Å². The smallest absolute Gasteiger partial charge is 0.224 e. The fraction of sp³-hybridized carbons (Fsp3) is 0.588.